The summed E-state index contributed by atoms with van der Waals surface area (Å²) in [5.41, 5.74) is 2.25. The number of benzene rings is 1. The van der Waals surface area contributed by atoms with Crippen LogP contribution in [0.2, 0.25) is 5.15 Å². The van der Waals surface area contributed by atoms with Crippen LogP contribution in [-0.4, -0.2) is 10.9 Å². The molecule has 4 heteroatoms. The molecule has 0 atom stereocenters. The monoisotopic (exact) mass is 302 g/mol. The van der Waals surface area contributed by atoms with Crippen molar-refractivity contribution >= 4 is 17.5 Å². The maximum atomic E-state index is 12.3. The summed E-state index contributed by atoms with van der Waals surface area (Å²) in [7, 11) is 0. The molecule has 0 spiro atoms. The van der Waals surface area contributed by atoms with E-state index < -0.39 is 0 Å². The second-order valence-corrected chi connectivity index (χ2v) is 6.37. The van der Waals surface area contributed by atoms with Crippen molar-refractivity contribution in [3.63, 3.8) is 0 Å². The number of carbonyl (C=O) groups is 1. The second kappa shape index (κ2) is 6.27. The SMILES string of the molecule is CC(C)(C)c1cc(C(=O)NCc2ccccc2)cc(Cl)n1. The summed E-state index contributed by atoms with van der Waals surface area (Å²) < 4.78 is 0. The van der Waals surface area contributed by atoms with E-state index >= 15 is 0 Å². The van der Waals surface area contributed by atoms with Gasteiger partial charge in [0, 0.05) is 23.2 Å². The lowest BCUT2D eigenvalue weighted by molar-refractivity contribution is 0.0950. The standard InChI is InChI=1S/C17H19ClN2O/c1-17(2,3)14-9-13(10-15(18)20-14)16(21)19-11-12-7-5-4-6-8-12/h4-10H,11H2,1-3H3,(H,19,21). The topological polar surface area (TPSA) is 42.0 Å². The van der Waals surface area contributed by atoms with Crippen LogP contribution < -0.4 is 5.32 Å². The van der Waals surface area contributed by atoms with Crippen LogP contribution in [0.5, 0.6) is 0 Å². The molecule has 1 heterocycles. The summed E-state index contributed by atoms with van der Waals surface area (Å²) in [5, 5.41) is 3.24. The van der Waals surface area contributed by atoms with Gasteiger partial charge in [-0.05, 0) is 17.7 Å². The average Bonchev–Trinajstić information content (AvgIpc) is 2.44. The highest BCUT2D eigenvalue weighted by atomic mass is 35.5. The quantitative estimate of drug-likeness (QED) is 0.872. The summed E-state index contributed by atoms with van der Waals surface area (Å²) in [5.74, 6) is -0.145. The summed E-state index contributed by atoms with van der Waals surface area (Å²) in [6.07, 6.45) is 0. The molecule has 0 unspecified atom stereocenters. The fraction of sp³-hybridized carbons (Fsp3) is 0.294. The summed E-state index contributed by atoms with van der Waals surface area (Å²) in [6.45, 7) is 6.61. The third kappa shape index (κ3) is 4.30. The van der Waals surface area contributed by atoms with Crippen LogP contribution in [-0.2, 0) is 12.0 Å². The van der Waals surface area contributed by atoms with Gasteiger partial charge in [0.2, 0.25) is 0 Å². The summed E-state index contributed by atoms with van der Waals surface area (Å²) >= 11 is 6.03. The summed E-state index contributed by atoms with van der Waals surface area (Å²) in [4.78, 5) is 16.5. The Morgan fingerprint density at radius 2 is 1.86 bits per heavy atom. The van der Waals surface area contributed by atoms with E-state index in [2.05, 4.69) is 10.3 Å². The van der Waals surface area contributed by atoms with Crippen LogP contribution in [0.4, 0.5) is 0 Å². The van der Waals surface area contributed by atoms with Crippen LogP contribution in [0.15, 0.2) is 42.5 Å². The fourth-order valence-electron chi connectivity index (χ4n) is 1.89. The molecular formula is C17H19ClN2O. The van der Waals surface area contributed by atoms with Crippen molar-refractivity contribution in [2.24, 2.45) is 0 Å². The molecule has 1 amide bonds. The molecule has 0 bridgehead atoms. The van der Waals surface area contributed by atoms with Crippen LogP contribution in [0.25, 0.3) is 0 Å². The Morgan fingerprint density at radius 1 is 1.19 bits per heavy atom. The normalized spacial score (nSPS) is 11.2. The van der Waals surface area contributed by atoms with Crippen LogP contribution >= 0.6 is 11.6 Å². The number of nitrogens with one attached hydrogen (secondary N) is 1. The Kier molecular flexibility index (Phi) is 4.63. The average molecular weight is 303 g/mol. The van der Waals surface area contributed by atoms with Gasteiger partial charge >= 0.3 is 0 Å². The van der Waals surface area contributed by atoms with Gasteiger partial charge in [0.25, 0.3) is 5.91 Å². The second-order valence-electron chi connectivity index (χ2n) is 5.98. The third-order valence-electron chi connectivity index (χ3n) is 3.12. The minimum Gasteiger partial charge on any atom is -0.348 e. The molecule has 3 nitrogen and oxygen atoms in total. The molecule has 0 radical (unpaired) electrons. The highest BCUT2D eigenvalue weighted by molar-refractivity contribution is 6.29. The smallest absolute Gasteiger partial charge is 0.251 e. The number of carbonyl (C=O) groups excluding carboxylic acids is 1. The van der Waals surface area contributed by atoms with E-state index in [9.17, 15) is 4.79 Å². The van der Waals surface area contributed by atoms with Crippen molar-refractivity contribution in [1.82, 2.24) is 10.3 Å². The first-order chi connectivity index (χ1) is 9.86. The van der Waals surface area contributed by atoms with Crippen molar-refractivity contribution in [3.05, 3.63) is 64.4 Å². The molecule has 21 heavy (non-hydrogen) atoms. The Bertz CT molecular complexity index is 633. The van der Waals surface area contributed by atoms with Crippen molar-refractivity contribution in [1.29, 1.82) is 0 Å². The largest absolute Gasteiger partial charge is 0.348 e. The van der Waals surface area contributed by atoms with Gasteiger partial charge in [-0.15, -0.1) is 0 Å². The maximum absolute atomic E-state index is 12.3. The number of rotatable bonds is 3. The number of pyridine rings is 1. The molecule has 1 aromatic heterocycles. The predicted molar refractivity (Wildman–Crippen MR) is 85.6 cm³/mol. The molecule has 2 aromatic rings. The number of nitrogens with zero attached hydrogens (tertiary/aromatic N) is 1. The van der Waals surface area contributed by atoms with Gasteiger partial charge in [-0.2, -0.15) is 0 Å². The van der Waals surface area contributed by atoms with E-state index in [0.717, 1.165) is 11.3 Å². The van der Waals surface area contributed by atoms with E-state index in [4.69, 9.17) is 11.6 Å². The minimum atomic E-state index is -0.153. The molecule has 0 aliphatic carbocycles. The molecule has 0 aliphatic rings. The van der Waals surface area contributed by atoms with Gasteiger partial charge in [0.1, 0.15) is 5.15 Å². The van der Waals surface area contributed by atoms with Crippen LogP contribution in [0, 0.1) is 0 Å². The molecule has 0 fully saturated rings. The highest BCUT2D eigenvalue weighted by Crippen LogP contribution is 2.23. The zero-order chi connectivity index (χ0) is 15.5. The number of halogens is 1. The minimum absolute atomic E-state index is 0.145. The lowest BCUT2D eigenvalue weighted by Crippen LogP contribution is -2.24. The van der Waals surface area contributed by atoms with Gasteiger partial charge in [-0.3, -0.25) is 4.79 Å². The summed E-state index contributed by atoms with van der Waals surface area (Å²) in [6, 6.07) is 13.2. The first-order valence-electron chi connectivity index (χ1n) is 6.86. The molecular weight excluding hydrogens is 284 g/mol. The van der Waals surface area contributed by atoms with E-state index in [-0.39, 0.29) is 11.3 Å². The van der Waals surface area contributed by atoms with Crippen molar-refractivity contribution in [2.75, 3.05) is 0 Å². The van der Waals surface area contributed by atoms with Gasteiger partial charge < -0.3 is 5.32 Å². The Labute approximate surface area is 130 Å². The molecule has 110 valence electrons. The van der Waals surface area contributed by atoms with E-state index in [1.807, 2.05) is 51.1 Å². The van der Waals surface area contributed by atoms with Gasteiger partial charge in [0.05, 0.1) is 0 Å². The van der Waals surface area contributed by atoms with E-state index in [1.54, 1.807) is 12.1 Å². The number of aromatic nitrogens is 1. The zero-order valence-electron chi connectivity index (χ0n) is 12.5. The zero-order valence-corrected chi connectivity index (χ0v) is 13.2. The van der Waals surface area contributed by atoms with Crippen molar-refractivity contribution in [2.45, 2.75) is 32.7 Å². The van der Waals surface area contributed by atoms with Crippen molar-refractivity contribution < 1.29 is 4.79 Å². The number of amides is 1. The Morgan fingerprint density at radius 3 is 2.48 bits per heavy atom. The number of hydrogen-bond donors (Lipinski definition) is 1. The Hall–Kier alpha value is -1.87. The predicted octanol–water partition coefficient (Wildman–Crippen LogP) is 3.96. The lowest BCUT2D eigenvalue weighted by Gasteiger charge is -2.18. The molecule has 2 rings (SSSR count). The van der Waals surface area contributed by atoms with E-state index in [0.29, 0.717) is 17.3 Å². The number of hydrogen-bond acceptors (Lipinski definition) is 2. The first kappa shape index (κ1) is 15.5. The highest BCUT2D eigenvalue weighted by Gasteiger charge is 2.18. The van der Waals surface area contributed by atoms with Crippen LogP contribution in [0.3, 0.4) is 0 Å². The lowest BCUT2D eigenvalue weighted by atomic mass is 9.91. The van der Waals surface area contributed by atoms with Gasteiger partial charge in [-0.25, -0.2) is 4.98 Å². The molecule has 0 aliphatic heterocycles. The van der Waals surface area contributed by atoms with Gasteiger partial charge in [0.15, 0.2) is 0 Å². The molecule has 0 saturated carbocycles. The maximum Gasteiger partial charge on any atom is 0.251 e. The fourth-order valence-corrected chi connectivity index (χ4v) is 2.10. The van der Waals surface area contributed by atoms with Gasteiger partial charge in [-0.1, -0.05) is 62.7 Å². The van der Waals surface area contributed by atoms with E-state index in [1.165, 1.54) is 0 Å². The first-order valence-corrected chi connectivity index (χ1v) is 7.24. The third-order valence-corrected chi connectivity index (χ3v) is 3.31. The van der Waals surface area contributed by atoms with Crippen molar-refractivity contribution in [3.8, 4) is 0 Å². The molecule has 1 aromatic carbocycles. The molecule has 1 N–H and O–H groups in total. The molecule has 0 saturated heterocycles. The Balaban J connectivity index is 2.14. The van der Waals surface area contributed by atoms with Crippen LogP contribution in [0.1, 0.15) is 42.4 Å².